The van der Waals surface area contributed by atoms with Gasteiger partial charge in [0.05, 0.1) is 21.3 Å². The highest BCUT2D eigenvalue weighted by molar-refractivity contribution is 7.18. The molecule has 6 nitrogen and oxygen atoms in total. The van der Waals surface area contributed by atoms with Gasteiger partial charge in [0.25, 0.3) is 0 Å². The van der Waals surface area contributed by atoms with Crippen molar-refractivity contribution in [3.05, 3.63) is 28.8 Å². The third-order valence-electron chi connectivity index (χ3n) is 8.09. The van der Waals surface area contributed by atoms with Gasteiger partial charge < -0.3 is 9.64 Å². The summed E-state index contributed by atoms with van der Waals surface area (Å²) in [4.78, 5) is 33.8. The van der Waals surface area contributed by atoms with Crippen LogP contribution >= 0.6 is 11.3 Å². The maximum atomic E-state index is 12.8. The zero-order chi connectivity index (χ0) is 27.3. The normalized spacial score (nSPS) is 24.8. The van der Waals surface area contributed by atoms with Crippen LogP contribution in [0.25, 0.3) is 10.2 Å². The molecule has 4 rings (SSSR count). The molecule has 2 saturated heterocycles. The van der Waals surface area contributed by atoms with Crippen molar-refractivity contribution in [2.45, 2.75) is 89.5 Å². The molecule has 3 heterocycles. The average molecular weight is 540 g/mol. The van der Waals surface area contributed by atoms with Gasteiger partial charge >= 0.3 is 18.1 Å². The standard InChI is InChI=1S/C27H36F3N3O3S/c1-16-7-9-20(33(14-16)23(34)24(35)36-15-27(28,29)30)17-8-10-21-19(11-17)31-22(37-21)18-12-25(2,3)32(6)26(4,5)13-18/h8,10-11,16,18,20H,7,9,12-15H2,1-6H3/t16-,20+/m0/s1. The molecule has 1 aromatic carbocycles. The van der Waals surface area contributed by atoms with E-state index in [1.165, 1.54) is 4.90 Å². The SMILES string of the molecule is C[C@H]1CC[C@H](c2ccc3sc(C4CC(C)(C)N(C)C(C)(C)C4)nc3c2)N(C(=O)C(=O)OCC(F)(F)F)C1. The van der Waals surface area contributed by atoms with Crippen LogP contribution in [0.5, 0.6) is 0 Å². The molecule has 1 amide bonds. The number of thiazole rings is 1. The summed E-state index contributed by atoms with van der Waals surface area (Å²) in [7, 11) is 2.18. The summed E-state index contributed by atoms with van der Waals surface area (Å²) < 4.78 is 42.8. The highest BCUT2D eigenvalue weighted by Gasteiger charge is 2.44. The topological polar surface area (TPSA) is 62.7 Å². The second-order valence-electron chi connectivity index (χ2n) is 11.9. The van der Waals surface area contributed by atoms with E-state index in [0.29, 0.717) is 12.3 Å². The van der Waals surface area contributed by atoms with Crippen molar-refractivity contribution < 1.29 is 27.5 Å². The molecule has 37 heavy (non-hydrogen) atoms. The molecule has 0 saturated carbocycles. The van der Waals surface area contributed by atoms with E-state index in [1.54, 1.807) is 11.3 Å². The summed E-state index contributed by atoms with van der Waals surface area (Å²) in [5.41, 5.74) is 1.75. The third-order valence-corrected chi connectivity index (χ3v) is 9.29. The number of hydrogen-bond donors (Lipinski definition) is 0. The first-order valence-electron chi connectivity index (χ1n) is 12.8. The van der Waals surface area contributed by atoms with E-state index in [-0.39, 0.29) is 23.5 Å². The molecule has 10 heteroatoms. The largest absolute Gasteiger partial charge is 0.449 e. The molecule has 0 bridgehead atoms. The number of carbonyl (C=O) groups excluding carboxylic acids is 2. The number of amides is 1. The van der Waals surface area contributed by atoms with Gasteiger partial charge in [0.1, 0.15) is 0 Å². The third kappa shape index (κ3) is 5.95. The van der Waals surface area contributed by atoms with Crippen LogP contribution in [-0.2, 0) is 14.3 Å². The number of rotatable bonds is 3. The minimum absolute atomic E-state index is 0.0375. The molecule has 2 aliphatic rings. The number of esters is 1. The van der Waals surface area contributed by atoms with Gasteiger partial charge in [-0.2, -0.15) is 13.2 Å². The van der Waals surface area contributed by atoms with E-state index >= 15 is 0 Å². The van der Waals surface area contributed by atoms with E-state index in [9.17, 15) is 22.8 Å². The lowest BCUT2D eigenvalue weighted by molar-refractivity contribution is -0.190. The Bertz CT molecular complexity index is 1160. The van der Waals surface area contributed by atoms with Crippen LogP contribution in [0.2, 0.25) is 0 Å². The fourth-order valence-corrected chi connectivity index (χ4v) is 6.99. The summed E-state index contributed by atoms with van der Waals surface area (Å²) >= 11 is 1.69. The van der Waals surface area contributed by atoms with Gasteiger partial charge in [-0.1, -0.05) is 13.0 Å². The van der Waals surface area contributed by atoms with Gasteiger partial charge in [0.2, 0.25) is 0 Å². The smallest absolute Gasteiger partial charge is 0.422 e. The zero-order valence-electron chi connectivity index (χ0n) is 22.3. The van der Waals surface area contributed by atoms with Crippen LogP contribution in [0.1, 0.15) is 82.8 Å². The lowest BCUT2D eigenvalue weighted by Gasteiger charge is -2.53. The number of fused-ring (bicyclic) bond motifs is 1. The maximum absolute atomic E-state index is 12.8. The second kappa shape index (κ2) is 9.84. The summed E-state index contributed by atoms with van der Waals surface area (Å²) in [5, 5.41) is 1.10. The molecule has 0 aliphatic carbocycles. The Hall–Kier alpha value is -2.20. The monoisotopic (exact) mass is 539 g/mol. The first-order valence-corrected chi connectivity index (χ1v) is 13.6. The van der Waals surface area contributed by atoms with Gasteiger partial charge in [0, 0.05) is 23.5 Å². The van der Waals surface area contributed by atoms with E-state index in [0.717, 1.165) is 40.1 Å². The lowest BCUT2D eigenvalue weighted by atomic mass is 9.74. The Morgan fingerprint density at radius 2 is 1.78 bits per heavy atom. The van der Waals surface area contributed by atoms with Gasteiger partial charge in [0.15, 0.2) is 6.61 Å². The first kappa shape index (κ1) is 27.8. The van der Waals surface area contributed by atoms with Crippen molar-refractivity contribution in [1.29, 1.82) is 0 Å². The Kier molecular flexibility index (Phi) is 7.40. The molecule has 0 unspecified atom stereocenters. The number of nitrogens with zero attached hydrogens (tertiary/aromatic N) is 3. The van der Waals surface area contributed by atoms with Crippen LogP contribution in [0.4, 0.5) is 13.2 Å². The van der Waals surface area contributed by atoms with Crippen molar-refractivity contribution in [2.75, 3.05) is 20.2 Å². The van der Waals surface area contributed by atoms with Crippen molar-refractivity contribution in [2.24, 2.45) is 5.92 Å². The summed E-state index contributed by atoms with van der Waals surface area (Å²) in [6.07, 6.45) is -1.23. The molecule has 0 N–H and O–H groups in total. The number of hydrogen-bond acceptors (Lipinski definition) is 6. The number of likely N-dealkylation sites (tertiary alicyclic amines) is 2. The van der Waals surface area contributed by atoms with Gasteiger partial charge in [-0.25, -0.2) is 9.78 Å². The number of carbonyl (C=O) groups is 2. The van der Waals surface area contributed by atoms with Gasteiger partial charge in [-0.15, -0.1) is 11.3 Å². The number of aromatic nitrogens is 1. The van der Waals surface area contributed by atoms with E-state index in [1.807, 2.05) is 25.1 Å². The molecule has 1 aromatic heterocycles. The van der Waals surface area contributed by atoms with E-state index in [2.05, 4.69) is 44.4 Å². The van der Waals surface area contributed by atoms with Gasteiger partial charge in [-0.3, -0.25) is 9.69 Å². The first-order chi connectivity index (χ1) is 17.1. The molecule has 2 aliphatic heterocycles. The Balaban J connectivity index is 1.58. The molecular weight excluding hydrogens is 503 g/mol. The maximum Gasteiger partial charge on any atom is 0.422 e. The Morgan fingerprint density at radius 1 is 1.14 bits per heavy atom. The molecule has 2 atom stereocenters. The van der Waals surface area contributed by atoms with E-state index in [4.69, 9.17) is 4.98 Å². The fraction of sp³-hybridized carbons (Fsp3) is 0.667. The molecule has 204 valence electrons. The van der Waals surface area contributed by atoms with Crippen molar-refractivity contribution in [3.63, 3.8) is 0 Å². The Labute approximate surface area is 220 Å². The van der Waals surface area contributed by atoms with Crippen LogP contribution < -0.4 is 0 Å². The average Bonchev–Trinajstić information content (AvgIpc) is 3.23. The fourth-order valence-electron chi connectivity index (χ4n) is 5.94. The molecule has 2 aromatic rings. The molecule has 2 fully saturated rings. The molecule has 0 spiro atoms. The summed E-state index contributed by atoms with van der Waals surface area (Å²) in [5.74, 6) is -2.04. The number of ether oxygens (including phenoxy) is 1. The molecule has 0 radical (unpaired) electrons. The summed E-state index contributed by atoms with van der Waals surface area (Å²) in [6, 6.07) is 5.48. The van der Waals surface area contributed by atoms with Crippen molar-refractivity contribution in [1.82, 2.24) is 14.8 Å². The van der Waals surface area contributed by atoms with Crippen molar-refractivity contribution >= 4 is 33.4 Å². The quantitative estimate of drug-likeness (QED) is 0.350. The minimum atomic E-state index is -4.68. The molecular formula is C27H36F3N3O3S. The zero-order valence-corrected chi connectivity index (χ0v) is 23.1. The van der Waals surface area contributed by atoms with E-state index < -0.39 is 30.7 Å². The van der Waals surface area contributed by atoms with Crippen LogP contribution in [-0.4, -0.2) is 64.1 Å². The number of alkyl halides is 3. The van der Waals surface area contributed by atoms with Crippen LogP contribution in [0, 0.1) is 5.92 Å². The van der Waals surface area contributed by atoms with Crippen molar-refractivity contribution in [3.8, 4) is 0 Å². The van der Waals surface area contributed by atoms with Crippen LogP contribution in [0.3, 0.4) is 0 Å². The highest BCUT2D eigenvalue weighted by Crippen LogP contribution is 2.46. The number of benzene rings is 1. The number of halogens is 3. The predicted octanol–water partition coefficient (Wildman–Crippen LogP) is 6.07. The Morgan fingerprint density at radius 3 is 2.41 bits per heavy atom. The lowest BCUT2D eigenvalue weighted by Crippen LogP contribution is -2.58. The highest BCUT2D eigenvalue weighted by atomic mass is 32.1. The second-order valence-corrected chi connectivity index (χ2v) is 13.0. The van der Waals surface area contributed by atoms with Crippen LogP contribution in [0.15, 0.2) is 18.2 Å². The number of piperidine rings is 2. The van der Waals surface area contributed by atoms with Gasteiger partial charge in [-0.05, 0) is 84.0 Å². The predicted molar refractivity (Wildman–Crippen MR) is 137 cm³/mol. The minimum Gasteiger partial charge on any atom is -0.449 e. The summed E-state index contributed by atoms with van der Waals surface area (Å²) in [6.45, 7) is 9.53.